The predicted molar refractivity (Wildman–Crippen MR) is 138 cm³/mol. The Balaban J connectivity index is 1.65. The minimum absolute atomic E-state index is 0.0126. The van der Waals surface area contributed by atoms with Crippen LogP contribution >= 0.6 is 22.9 Å². The van der Waals surface area contributed by atoms with E-state index in [2.05, 4.69) is 10.0 Å². The number of para-hydroxylation sites is 1. The largest absolute Gasteiger partial charge is 0.462 e. The maximum atomic E-state index is 13.1. The summed E-state index contributed by atoms with van der Waals surface area (Å²) >= 11 is 7.58. The van der Waals surface area contributed by atoms with E-state index in [4.69, 9.17) is 16.3 Å². The first-order chi connectivity index (χ1) is 16.7. The third kappa shape index (κ3) is 5.37. The molecule has 184 valence electrons. The van der Waals surface area contributed by atoms with Gasteiger partial charge in [-0.1, -0.05) is 29.8 Å². The summed E-state index contributed by atoms with van der Waals surface area (Å²) in [5.74, 6) is -1.01. The Bertz CT molecular complexity index is 1400. The number of fused-ring (bicyclic) bond motifs is 1. The fourth-order valence-electron chi connectivity index (χ4n) is 3.99. The minimum Gasteiger partial charge on any atom is -0.462 e. The molecule has 4 rings (SSSR count). The summed E-state index contributed by atoms with van der Waals surface area (Å²) in [6.45, 7) is 3.74. The van der Waals surface area contributed by atoms with E-state index in [0.29, 0.717) is 16.3 Å². The smallest absolute Gasteiger partial charge is 0.341 e. The third-order valence-corrected chi connectivity index (χ3v) is 8.80. The Kier molecular flexibility index (Phi) is 7.49. The number of carbonyl (C=O) groups excluding carboxylic acids is 2. The van der Waals surface area contributed by atoms with Crippen LogP contribution in [-0.2, 0) is 27.6 Å². The maximum absolute atomic E-state index is 13.1. The van der Waals surface area contributed by atoms with Crippen LogP contribution in [0, 0.1) is 6.92 Å². The van der Waals surface area contributed by atoms with Gasteiger partial charge in [-0.15, -0.1) is 11.3 Å². The van der Waals surface area contributed by atoms with Crippen LogP contribution in [0.5, 0.6) is 0 Å². The van der Waals surface area contributed by atoms with Gasteiger partial charge in [0.1, 0.15) is 9.90 Å². The molecule has 1 amide bonds. The number of amides is 1. The van der Waals surface area contributed by atoms with Crippen LogP contribution in [0.2, 0.25) is 5.02 Å². The van der Waals surface area contributed by atoms with Gasteiger partial charge in [-0.25, -0.2) is 13.2 Å². The second kappa shape index (κ2) is 10.4. The fourth-order valence-corrected chi connectivity index (χ4v) is 6.92. The number of thiophene rings is 1. The summed E-state index contributed by atoms with van der Waals surface area (Å²) in [6.07, 6.45) is 3.59. The van der Waals surface area contributed by atoms with E-state index in [-0.39, 0.29) is 22.1 Å². The molecule has 1 aliphatic rings. The number of rotatable bonds is 7. The number of anilines is 2. The number of halogens is 1. The summed E-state index contributed by atoms with van der Waals surface area (Å²) in [5.41, 5.74) is 2.58. The number of nitrogens with one attached hydrogen (secondary N) is 2. The number of benzene rings is 2. The highest BCUT2D eigenvalue weighted by Gasteiger charge is 2.28. The van der Waals surface area contributed by atoms with Crippen LogP contribution in [0.15, 0.2) is 47.4 Å². The van der Waals surface area contributed by atoms with Gasteiger partial charge < -0.3 is 10.1 Å². The number of ether oxygens (including phenoxy) is 1. The summed E-state index contributed by atoms with van der Waals surface area (Å²) in [5, 5.41) is 3.20. The molecule has 0 aliphatic heterocycles. The molecular weight excluding hydrogens is 508 g/mol. The number of carbonyl (C=O) groups is 2. The molecule has 1 aromatic heterocycles. The Morgan fingerprint density at radius 1 is 1.11 bits per heavy atom. The van der Waals surface area contributed by atoms with E-state index < -0.39 is 21.9 Å². The monoisotopic (exact) mass is 532 g/mol. The lowest BCUT2D eigenvalue weighted by molar-refractivity contribution is 0.0526. The molecule has 1 heterocycles. The lowest BCUT2D eigenvalue weighted by atomic mass is 9.95. The molecule has 0 bridgehead atoms. The first kappa shape index (κ1) is 25.2. The number of hydrogen-bond acceptors (Lipinski definition) is 6. The van der Waals surface area contributed by atoms with Crippen molar-refractivity contribution in [2.75, 3.05) is 16.6 Å². The molecule has 35 heavy (non-hydrogen) atoms. The van der Waals surface area contributed by atoms with Crippen molar-refractivity contribution < 1.29 is 22.7 Å². The molecule has 10 heteroatoms. The van der Waals surface area contributed by atoms with Crippen molar-refractivity contribution >= 4 is 55.5 Å². The molecule has 3 aromatic rings. The van der Waals surface area contributed by atoms with Gasteiger partial charge in [-0.05, 0) is 74.9 Å². The molecule has 1 aliphatic carbocycles. The van der Waals surface area contributed by atoms with Crippen molar-refractivity contribution in [2.45, 2.75) is 44.4 Å². The Morgan fingerprint density at radius 3 is 2.60 bits per heavy atom. The molecule has 0 saturated heterocycles. The van der Waals surface area contributed by atoms with Crippen molar-refractivity contribution in [3.05, 3.63) is 74.6 Å². The third-order valence-electron chi connectivity index (χ3n) is 5.75. The highest BCUT2D eigenvalue weighted by Crippen LogP contribution is 2.39. The highest BCUT2D eigenvalue weighted by atomic mass is 35.5. The predicted octanol–water partition coefficient (Wildman–Crippen LogP) is 5.82. The molecule has 0 spiro atoms. The van der Waals surface area contributed by atoms with Crippen molar-refractivity contribution in [3.8, 4) is 0 Å². The van der Waals surface area contributed by atoms with Crippen molar-refractivity contribution in [2.24, 2.45) is 0 Å². The SMILES string of the molecule is CCOC(=O)c1c(NC(=O)c2ccc(Cl)c(S(=O)(=O)Nc3ccccc3C)c2)sc2c1CCCC2. The van der Waals surface area contributed by atoms with Crippen molar-refractivity contribution in [1.29, 1.82) is 0 Å². The van der Waals surface area contributed by atoms with Gasteiger partial charge in [0.15, 0.2) is 0 Å². The van der Waals surface area contributed by atoms with Gasteiger partial charge in [0, 0.05) is 10.4 Å². The van der Waals surface area contributed by atoms with Crippen molar-refractivity contribution in [3.63, 3.8) is 0 Å². The quantitative estimate of drug-likeness (QED) is 0.373. The number of sulfonamides is 1. The lowest BCUT2D eigenvalue weighted by Gasteiger charge is -2.13. The van der Waals surface area contributed by atoms with E-state index in [1.165, 1.54) is 29.5 Å². The topological polar surface area (TPSA) is 102 Å². The normalized spacial score (nSPS) is 13.1. The maximum Gasteiger partial charge on any atom is 0.341 e. The number of aryl methyl sites for hydroxylation is 2. The second-order valence-electron chi connectivity index (χ2n) is 8.16. The van der Waals surface area contributed by atoms with Crippen LogP contribution in [-0.4, -0.2) is 26.9 Å². The average Bonchev–Trinajstić information content (AvgIpc) is 3.18. The summed E-state index contributed by atoms with van der Waals surface area (Å²) in [7, 11) is -4.06. The number of hydrogen-bond donors (Lipinski definition) is 2. The van der Waals surface area contributed by atoms with Gasteiger partial charge in [0.25, 0.3) is 15.9 Å². The van der Waals surface area contributed by atoms with E-state index >= 15 is 0 Å². The minimum atomic E-state index is -4.06. The Labute approximate surface area is 213 Å². The first-order valence-corrected chi connectivity index (χ1v) is 13.9. The molecule has 0 fully saturated rings. The van der Waals surface area contributed by atoms with Crippen LogP contribution in [0.25, 0.3) is 0 Å². The van der Waals surface area contributed by atoms with E-state index in [1.54, 1.807) is 38.1 Å². The molecule has 2 N–H and O–H groups in total. The molecule has 0 unspecified atom stereocenters. The van der Waals surface area contributed by atoms with Gasteiger partial charge in [-0.2, -0.15) is 0 Å². The standard InChI is InChI=1S/C25H25ClN2O5S2/c1-3-33-25(30)22-17-9-5-7-11-20(17)34-24(22)27-23(29)16-12-13-18(26)21(14-16)35(31,32)28-19-10-6-4-8-15(19)2/h4,6,8,10,12-14,28H,3,5,7,9,11H2,1-2H3,(H,27,29). The first-order valence-electron chi connectivity index (χ1n) is 11.2. The lowest BCUT2D eigenvalue weighted by Crippen LogP contribution is -2.18. The zero-order valence-corrected chi connectivity index (χ0v) is 21.7. The Hall–Kier alpha value is -2.88. The molecule has 0 atom stereocenters. The van der Waals surface area contributed by atoms with Crippen LogP contribution in [0.1, 0.15) is 56.5 Å². The second-order valence-corrected chi connectivity index (χ2v) is 11.3. The molecular formula is C25H25ClN2O5S2. The highest BCUT2D eigenvalue weighted by molar-refractivity contribution is 7.92. The van der Waals surface area contributed by atoms with E-state index in [1.807, 2.05) is 0 Å². The van der Waals surface area contributed by atoms with Gasteiger partial charge in [0.2, 0.25) is 0 Å². The van der Waals surface area contributed by atoms with Crippen LogP contribution in [0.3, 0.4) is 0 Å². The zero-order valence-electron chi connectivity index (χ0n) is 19.3. The van der Waals surface area contributed by atoms with Crippen LogP contribution < -0.4 is 10.0 Å². The summed E-state index contributed by atoms with van der Waals surface area (Å²) in [4.78, 5) is 26.7. The molecule has 0 radical (unpaired) electrons. The average molecular weight is 533 g/mol. The Morgan fingerprint density at radius 2 is 1.86 bits per heavy atom. The van der Waals surface area contributed by atoms with Gasteiger partial charge in [-0.3, -0.25) is 9.52 Å². The van der Waals surface area contributed by atoms with Gasteiger partial charge in [0.05, 0.1) is 22.9 Å². The summed E-state index contributed by atoms with van der Waals surface area (Å²) < 4.78 is 33.9. The zero-order chi connectivity index (χ0) is 25.2. The molecule has 2 aromatic carbocycles. The van der Waals surface area contributed by atoms with E-state index in [0.717, 1.165) is 41.7 Å². The summed E-state index contributed by atoms with van der Waals surface area (Å²) in [6, 6.07) is 11.0. The molecule has 0 saturated carbocycles. The van der Waals surface area contributed by atoms with E-state index in [9.17, 15) is 18.0 Å². The molecule has 7 nitrogen and oxygen atoms in total. The van der Waals surface area contributed by atoms with Gasteiger partial charge >= 0.3 is 5.97 Å². The van der Waals surface area contributed by atoms with Crippen molar-refractivity contribution in [1.82, 2.24) is 0 Å². The number of esters is 1. The fraction of sp³-hybridized carbons (Fsp3) is 0.280. The van der Waals surface area contributed by atoms with Crippen LogP contribution in [0.4, 0.5) is 10.7 Å².